The molecule has 18 heavy (non-hydrogen) atoms. The molecular weight excluding hydrogens is 222 g/mol. The van der Waals surface area contributed by atoms with E-state index in [9.17, 15) is 4.79 Å². The molecule has 1 unspecified atom stereocenters. The van der Waals surface area contributed by atoms with Crippen molar-refractivity contribution in [3.8, 4) is 0 Å². The standard InChI is InChI=1S/C14H21NO.C2H6/c1-4-10-15-14(16)13(11(2)3)12-8-6-5-7-9-12;1-2/h5-9,11,13H,4,10H2,1-3H3,(H,15,16);1-2H3. The highest BCUT2D eigenvalue weighted by Crippen LogP contribution is 2.24. The molecule has 1 atom stereocenters. The molecule has 0 radical (unpaired) electrons. The van der Waals surface area contributed by atoms with E-state index in [-0.39, 0.29) is 11.8 Å². The summed E-state index contributed by atoms with van der Waals surface area (Å²) in [5, 5.41) is 2.97. The highest BCUT2D eigenvalue weighted by atomic mass is 16.1. The van der Waals surface area contributed by atoms with Gasteiger partial charge in [-0.15, -0.1) is 0 Å². The number of carbonyl (C=O) groups excluding carboxylic acids is 1. The number of benzene rings is 1. The average molecular weight is 249 g/mol. The molecule has 1 N–H and O–H groups in total. The van der Waals surface area contributed by atoms with Crippen LogP contribution in [0.1, 0.15) is 52.5 Å². The van der Waals surface area contributed by atoms with Gasteiger partial charge in [-0.2, -0.15) is 0 Å². The Bertz CT molecular complexity index is 319. The molecule has 2 nitrogen and oxygen atoms in total. The number of amides is 1. The van der Waals surface area contributed by atoms with E-state index in [0.29, 0.717) is 5.92 Å². The van der Waals surface area contributed by atoms with Crippen LogP contribution in [0.2, 0.25) is 0 Å². The molecule has 0 heterocycles. The first-order valence-electron chi connectivity index (χ1n) is 6.99. The largest absolute Gasteiger partial charge is 0.356 e. The lowest BCUT2D eigenvalue weighted by atomic mass is 9.87. The van der Waals surface area contributed by atoms with Crippen molar-refractivity contribution in [2.24, 2.45) is 5.92 Å². The Morgan fingerprint density at radius 2 is 1.72 bits per heavy atom. The number of rotatable bonds is 5. The van der Waals surface area contributed by atoms with Gasteiger partial charge in [0, 0.05) is 6.54 Å². The van der Waals surface area contributed by atoms with Gasteiger partial charge < -0.3 is 5.32 Å². The zero-order valence-corrected chi connectivity index (χ0v) is 12.4. The molecule has 1 rings (SSSR count). The smallest absolute Gasteiger partial charge is 0.227 e. The van der Waals surface area contributed by atoms with Crippen molar-refractivity contribution >= 4 is 5.91 Å². The van der Waals surface area contributed by atoms with E-state index in [1.54, 1.807) is 0 Å². The molecule has 0 aliphatic rings. The van der Waals surface area contributed by atoms with Crippen LogP contribution in [0.5, 0.6) is 0 Å². The van der Waals surface area contributed by atoms with Gasteiger partial charge in [0.2, 0.25) is 5.91 Å². The molecule has 1 amide bonds. The van der Waals surface area contributed by atoms with Crippen molar-refractivity contribution in [2.45, 2.75) is 47.0 Å². The summed E-state index contributed by atoms with van der Waals surface area (Å²) in [5.41, 5.74) is 1.10. The van der Waals surface area contributed by atoms with Crippen LogP contribution in [0, 0.1) is 5.92 Å². The second-order valence-corrected chi connectivity index (χ2v) is 4.42. The molecule has 0 saturated carbocycles. The molecule has 0 aliphatic carbocycles. The maximum Gasteiger partial charge on any atom is 0.227 e. The van der Waals surface area contributed by atoms with Crippen LogP contribution in [0.3, 0.4) is 0 Å². The van der Waals surface area contributed by atoms with Gasteiger partial charge in [0.25, 0.3) is 0 Å². The SMILES string of the molecule is CC.CCCNC(=O)C(c1ccccc1)C(C)C. The minimum absolute atomic E-state index is 0.0345. The van der Waals surface area contributed by atoms with Crippen molar-refractivity contribution in [3.05, 3.63) is 35.9 Å². The summed E-state index contributed by atoms with van der Waals surface area (Å²) >= 11 is 0. The second-order valence-electron chi connectivity index (χ2n) is 4.42. The molecule has 1 aromatic carbocycles. The second kappa shape index (κ2) is 9.69. The van der Waals surface area contributed by atoms with Crippen molar-refractivity contribution in [3.63, 3.8) is 0 Å². The van der Waals surface area contributed by atoms with Crippen LogP contribution in [-0.2, 0) is 4.79 Å². The van der Waals surface area contributed by atoms with Gasteiger partial charge in [0.05, 0.1) is 5.92 Å². The van der Waals surface area contributed by atoms with Crippen molar-refractivity contribution in [2.75, 3.05) is 6.54 Å². The Morgan fingerprint density at radius 1 is 1.17 bits per heavy atom. The minimum Gasteiger partial charge on any atom is -0.356 e. The van der Waals surface area contributed by atoms with Crippen LogP contribution >= 0.6 is 0 Å². The normalized spacial score (nSPS) is 11.4. The quantitative estimate of drug-likeness (QED) is 0.840. The highest BCUT2D eigenvalue weighted by Gasteiger charge is 2.23. The molecule has 0 spiro atoms. The third kappa shape index (κ3) is 5.35. The van der Waals surface area contributed by atoms with Crippen LogP contribution in [-0.4, -0.2) is 12.5 Å². The van der Waals surface area contributed by atoms with Gasteiger partial charge in [-0.3, -0.25) is 4.79 Å². The lowest BCUT2D eigenvalue weighted by molar-refractivity contribution is -0.123. The molecule has 0 aliphatic heterocycles. The highest BCUT2D eigenvalue weighted by molar-refractivity contribution is 5.83. The maximum atomic E-state index is 12.0. The Kier molecular flexibility index (Phi) is 8.99. The fraction of sp³-hybridized carbons (Fsp3) is 0.562. The number of carbonyl (C=O) groups is 1. The molecule has 102 valence electrons. The van der Waals surface area contributed by atoms with E-state index in [4.69, 9.17) is 0 Å². The van der Waals surface area contributed by atoms with Crippen molar-refractivity contribution in [1.82, 2.24) is 5.32 Å². The van der Waals surface area contributed by atoms with Crippen LogP contribution < -0.4 is 5.32 Å². The summed E-state index contributed by atoms with van der Waals surface area (Å²) in [6, 6.07) is 9.99. The third-order valence-corrected chi connectivity index (χ3v) is 2.66. The fourth-order valence-electron chi connectivity index (χ4n) is 1.86. The Hall–Kier alpha value is -1.31. The molecule has 0 fully saturated rings. The molecular formula is C16H27NO. The molecule has 1 aromatic rings. The number of nitrogens with one attached hydrogen (secondary N) is 1. The van der Waals surface area contributed by atoms with E-state index >= 15 is 0 Å². The lowest BCUT2D eigenvalue weighted by Gasteiger charge is -2.20. The molecule has 0 saturated heterocycles. The zero-order chi connectivity index (χ0) is 14.0. The number of hydrogen-bond acceptors (Lipinski definition) is 1. The molecule has 2 heteroatoms. The van der Waals surface area contributed by atoms with Gasteiger partial charge in [0.15, 0.2) is 0 Å². The predicted molar refractivity (Wildman–Crippen MR) is 78.7 cm³/mol. The van der Waals surface area contributed by atoms with Gasteiger partial charge in [-0.05, 0) is 17.9 Å². The summed E-state index contributed by atoms with van der Waals surface area (Å²) in [7, 11) is 0. The van der Waals surface area contributed by atoms with E-state index < -0.39 is 0 Å². The summed E-state index contributed by atoms with van der Waals surface area (Å²) in [5.74, 6) is 0.426. The van der Waals surface area contributed by atoms with Crippen molar-refractivity contribution < 1.29 is 4.79 Å². The first-order chi connectivity index (χ1) is 8.66. The first kappa shape index (κ1) is 16.7. The Morgan fingerprint density at radius 3 is 2.17 bits per heavy atom. The summed E-state index contributed by atoms with van der Waals surface area (Å²) in [4.78, 5) is 12.0. The topological polar surface area (TPSA) is 29.1 Å². The maximum absolute atomic E-state index is 12.0. The van der Waals surface area contributed by atoms with Crippen LogP contribution in [0.25, 0.3) is 0 Å². The van der Waals surface area contributed by atoms with E-state index in [1.165, 1.54) is 0 Å². The van der Waals surface area contributed by atoms with Crippen LogP contribution in [0.15, 0.2) is 30.3 Å². The first-order valence-corrected chi connectivity index (χ1v) is 6.99. The molecule has 0 aromatic heterocycles. The predicted octanol–water partition coefficient (Wildman–Crippen LogP) is 3.98. The minimum atomic E-state index is -0.0345. The average Bonchev–Trinajstić information content (AvgIpc) is 2.39. The Balaban J connectivity index is 0.00000137. The monoisotopic (exact) mass is 249 g/mol. The Labute approximate surface area is 112 Å². The zero-order valence-electron chi connectivity index (χ0n) is 12.4. The van der Waals surface area contributed by atoms with E-state index in [1.807, 2.05) is 44.2 Å². The fourth-order valence-corrected chi connectivity index (χ4v) is 1.86. The number of hydrogen-bond donors (Lipinski definition) is 1. The molecule has 0 bridgehead atoms. The van der Waals surface area contributed by atoms with Crippen LogP contribution in [0.4, 0.5) is 0 Å². The van der Waals surface area contributed by atoms with E-state index in [2.05, 4.69) is 26.1 Å². The van der Waals surface area contributed by atoms with Crippen molar-refractivity contribution in [1.29, 1.82) is 0 Å². The van der Waals surface area contributed by atoms with Gasteiger partial charge in [-0.1, -0.05) is 65.0 Å². The van der Waals surface area contributed by atoms with E-state index in [0.717, 1.165) is 18.5 Å². The van der Waals surface area contributed by atoms with Gasteiger partial charge >= 0.3 is 0 Å². The van der Waals surface area contributed by atoms with Gasteiger partial charge in [-0.25, -0.2) is 0 Å². The summed E-state index contributed by atoms with van der Waals surface area (Å²) < 4.78 is 0. The lowest BCUT2D eigenvalue weighted by Crippen LogP contribution is -2.32. The summed E-state index contributed by atoms with van der Waals surface area (Å²) in [6.45, 7) is 11.0. The summed E-state index contributed by atoms with van der Waals surface area (Å²) in [6.07, 6.45) is 0.978. The van der Waals surface area contributed by atoms with Gasteiger partial charge in [0.1, 0.15) is 0 Å². The third-order valence-electron chi connectivity index (χ3n) is 2.66.